The Morgan fingerprint density at radius 2 is 2.00 bits per heavy atom. The molecule has 20 heavy (non-hydrogen) atoms. The number of carbonyl (C=O) groups is 1. The molecule has 1 saturated heterocycles. The van der Waals surface area contributed by atoms with Gasteiger partial charge in [-0.25, -0.2) is 14.2 Å². The average Bonchev–Trinajstić information content (AvgIpc) is 2.43. The Hall–Kier alpha value is -1.86. The van der Waals surface area contributed by atoms with E-state index in [0.29, 0.717) is 0 Å². The summed E-state index contributed by atoms with van der Waals surface area (Å²) in [6, 6.07) is 2.51. The molecule has 0 spiro atoms. The van der Waals surface area contributed by atoms with Crippen molar-refractivity contribution in [2.45, 2.75) is 0 Å². The molecule has 0 radical (unpaired) electrons. The molecule has 0 saturated carbocycles. The molecule has 0 atom stereocenters. The Balaban J connectivity index is 2.16. The van der Waals surface area contributed by atoms with Crippen molar-refractivity contribution in [3.05, 3.63) is 23.5 Å². The van der Waals surface area contributed by atoms with Crippen molar-refractivity contribution in [1.29, 1.82) is 0 Å². The number of hydrogen-bond donors (Lipinski definition) is 2. The van der Waals surface area contributed by atoms with E-state index >= 15 is 0 Å². The number of hydrazine groups is 1. The molecule has 1 aromatic carbocycles. The monoisotopic (exact) mass is 282 g/mol. The van der Waals surface area contributed by atoms with Gasteiger partial charge >= 0.3 is 5.97 Å². The third kappa shape index (κ3) is 3.17. The molecular weight excluding hydrogens is 263 g/mol. The molecular formula is C13H19FN4O2. The van der Waals surface area contributed by atoms with Crippen molar-refractivity contribution in [3.63, 3.8) is 0 Å². The SMILES string of the molecule is COC(=O)c1cc(NN2CCN(C)CC2)c(F)cc1N. The number of ether oxygens (including phenoxy) is 1. The van der Waals surface area contributed by atoms with Crippen LogP contribution in [0.15, 0.2) is 12.1 Å². The number of nitrogen functional groups attached to an aromatic ring is 1. The van der Waals surface area contributed by atoms with E-state index in [2.05, 4.69) is 15.1 Å². The maximum Gasteiger partial charge on any atom is 0.340 e. The molecule has 0 amide bonds. The summed E-state index contributed by atoms with van der Waals surface area (Å²) < 4.78 is 18.5. The van der Waals surface area contributed by atoms with E-state index in [1.165, 1.54) is 13.2 Å². The Morgan fingerprint density at radius 3 is 2.60 bits per heavy atom. The fourth-order valence-electron chi connectivity index (χ4n) is 2.05. The molecule has 7 heteroatoms. The van der Waals surface area contributed by atoms with Crippen LogP contribution in [0.3, 0.4) is 0 Å². The van der Waals surface area contributed by atoms with Crippen LogP contribution in [-0.4, -0.2) is 56.2 Å². The average molecular weight is 282 g/mol. The van der Waals surface area contributed by atoms with Crippen LogP contribution < -0.4 is 11.2 Å². The largest absolute Gasteiger partial charge is 0.465 e. The number of carbonyl (C=O) groups excluding carboxylic acids is 1. The van der Waals surface area contributed by atoms with Crippen molar-refractivity contribution in [3.8, 4) is 0 Å². The number of piperazine rings is 1. The summed E-state index contributed by atoms with van der Waals surface area (Å²) in [7, 11) is 3.30. The van der Waals surface area contributed by atoms with Crippen LogP contribution in [0, 0.1) is 5.82 Å². The van der Waals surface area contributed by atoms with Crippen molar-refractivity contribution in [2.75, 3.05) is 51.5 Å². The Labute approximate surface area is 117 Å². The van der Waals surface area contributed by atoms with Gasteiger partial charge in [-0.1, -0.05) is 0 Å². The highest BCUT2D eigenvalue weighted by Crippen LogP contribution is 2.23. The first-order chi connectivity index (χ1) is 9.51. The van der Waals surface area contributed by atoms with Crippen LogP contribution in [0.1, 0.15) is 10.4 Å². The van der Waals surface area contributed by atoms with Gasteiger partial charge in [0.1, 0.15) is 5.82 Å². The third-order valence-corrected chi connectivity index (χ3v) is 3.33. The van der Waals surface area contributed by atoms with Crippen LogP contribution in [0.5, 0.6) is 0 Å². The van der Waals surface area contributed by atoms with Gasteiger partial charge in [0.05, 0.1) is 18.4 Å². The number of rotatable bonds is 3. The van der Waals surface area contributed by atoms with Crippen LogP contribution in [-0.2, 0) is 4.74 Å². The second-order valence-corrected chi connectivity index (χ2v) is 4.81. The summed E-state index contributed by atoms with van der Waals surface area (Å²) in [6.45, 7) is 3.34. The lowest BCUT2D eigenvalue weighted by molar-refractivity contribution is 0.0602. The summed E-state index contributed by atoms with van der Waals surface area (Å²) in [4.78, 5) is 13.8. The molecule has 1 aliphatic heterocycles. The van der Waals surface area contributed by atoms with Crippen LogP contribution in [0.2, 0.25) is 0 Å². The number of methoxy groups -OCH3 is 1. The number of nitrogens with one attached hydrogen (secondary N) is 1. The lowest BCUT2D eigenvalue weighted by Gasteiger charge is -2.33. The molecule has 6 nitrogen and oxygen atoms in total. The van der Waals surface area contributed by atoms with Gasteiger partial charge in [-0.05, 0) is 19.2 Å². The van der Waals surface area contributed by atoms with Crippen LogP contribution >= 0.6 is 0 Å². The zero-order chi connectivity index (χ0) is 14.7. The standard InChI is InChI=1S/C13H19FN4O2/c1-17-3-5-18(6-4-17)16-12-7-9(13(19)20-2)11(15)8-10(12)14/h7-8,16H,3-6,15H2,1-2H3. The number of anilines is 2. The highest BCUT2D eigenvalue weighted by molar-refractivity contribution is 5.96. The number of esters is 1. The van der Waals surface area contributed by atoms with Gasteiger partial charge in [-0.3, -0.25) is 0 Å². The topological polar surface area (TPSA) is 70.8 Å². The van der Waals surface area contributed by atoms with E-state index in [9.17, 15) is 9.18 Å². The van der Waals surface area contributed by atoms with Crippen LogP contribution in [0.4, 0.5) is 15.8 Å². The molecule has 1 fully saturated rings. The number of halogens is 1. The quantitative estimate of drug-likeness (QED) is 0.630. The van der Waals surface area contributed by atoms with E-state index in [4.69, 9.17) is 5.73 Å². The third-order valence-electron chi connectivity index (χ3n) is 3.33. The molecule has 1 aliphatic rings. The Kier molecular flexibility index (Phi) is 4.41. The molecule has 1 aromatic rings. The van der Waals surface area contributed by atoms with Gasteiger partial charge < -0.3 is 20.8 Å². The minimum Gasteiger partial charge on any atom is -0.465 e. The number of nitrogens with zero attached hydrogens (tertiary/aromatic N) is 2. The summed E-state index contributed by atoms with van der Waals surface area (Å²) in [5.74, 6) is -1.07. The molecule has 0 aliphatic carbocycles. The molecule has 2 rings (SSSR count). The number of likely N-dealkylation sites (N-methyl/N-ethyl adjacent to an activating group) is 1. The molecule has 0 unspecified atom stereocenters. The van der Waals surface area contributed by atoms with Crippen LogP contribution in [0.25, 0.3) is 0 Å². The summed E-state index contributed by atoms with van der Waals surface area (Å²) in [5.41, 5.74) is 9.07. The van der Waals surface area contributed by atoms with E-state index in [0.717, 1.165) is 32.2 Å². The summed E-state index contributed by atoms with van der Waals surface area (Å²) in [6.07, 6.45) is 0. The van der Waals surface area contributed by atoms with Crippen molar-refractivity contribution in [1.82, 2.24) is 9.91 Å². The first-order valence-corrected chi connectivity index (χ1v) is 6.38. The second kappa shape index (κ2) is 6.06. The number of benzene rings is 1. The van der Waals surface area contributed by atoms with E-state index < -0.39 is 11.8 Å². The van der Waals surface area contributed by atoms with E-state index in [1.807, 2.05) is 12.1 Å². The van der Waals surface area contributed by atoms with E-state index in [1.54, 1.807) is 0 Å². The lowest BCUT2D eigenvalue weighted by Crippen LogP contribution is -2.47. The fraction of sp³-hybridized carbons (Fsp3) is 0.462. The maximum atomic E-state index is 13.9. The van der Waals surface area contributed by atoms with Crippen molar-refractivity contribution >= 4 is 17.3 Å². The molecule has 110 valence electrons. The minimum atomic E-state index is -0.580. The molecule has 1 heterocycles. The van der Waals surface area contributed by atoms with Gasteiger partial charge in [-0.2, -0.15) is 0 Å². The van der Waals surface area contributed by atoms with Gasteiger partial charge in [0.25, 0.3) is 0 Å². The Morgan fingerprint density at radius 1 is 1.35 bits per heavy atom. The lowest BCUT2D eigenvalue weighted by atomic mass is 10.1. The van der Waals surface area contributed by atoms with Crippen molar-refractivity contribution in [2.24, 2.45) is 0 Å². The molecule has 0 aromatic heterocycles. The predicted molar refractivity (Wildman–Crippen MR) is 74.8 cm³/mol. The summed E-state index contributed by atoms with van der Waals surface area (Å²) in [5, 5.41) is 1.91. The predicted octanol–water partition coefficient (Wildman–Crippen LogP) is 0.769. The number of nitrogens with two attached hydrogens (primary N) is 1. The molecule has 3 N–H and O–H groups in total. The van der Waals surface area contributed by atoms with Crippen molar-refractivity contribution < 1.29 is 13.9 Å². The highest BCUT2D eigenvalue weighted by Gasteiger charge is 2.18. The fourth-order valence-corrected chi connectivity index (χ4v) is 2.05. The normalized spacial score (nSPS) is 16.9. The first-order valence-electron chi connectivity index (χ1n) is 6.38. The minimum absolute atomic E-state index is 0.0678. The number of hydrogen-bond acceptors (Lipinski definition) is 6. The highest BCUT2D eigenvalue weighted by atomic mass is 19.1. The van der Waals surface area contributed by atoms with Gasteiger partial charge in [-0.15, -0.1) is 0 Å². The Bertz CT molecular complexity index is 501. The smallest absolute Gasteiger partial charge is 0.340 e. The summed E-state index contributed by atoms with van der Waals surface area (Å²) >= 11 is 0. The van der Waals surface area contributed by atoms with E-state index in [-0.39, 0.29) is 16.9 Å². The molecule has 0 bridgehead atoms. The van der Waals surface area contributed by atoms with Gasteiger partial charge in [0.2, 0.25) is 0 Å². The van der Waals surface area contributed by atoms with Gasteiger partial charge in [0.15, 0.2) is 0 Å². The zero-order valence-corrected chi connectivity index (χ0v) is 11.6. The van der Waals surface area contributed by atoms with Gasteiger partial charge in [0, 0.05) is 31.9 Å². The zero-order valence-electron chi connectivity index (χ0n) is 11.6. The maximum absolute atomic E-state index is 13.9. The first kappa shape index (κ1) is 14.5. The second-order valence-electron chi connectivity index (χ2n) is 4.81.